The molecule has 2 rings (SSSR count). The molecule has 0 atom stereocenters. The molecule has 22 heavy (non-hydrogen) atoms. The van der Waals surface area contributed by atoms with Gasteiger partial charge in [0.05, 0.1) is 0 Å². The average molecular weight is 319 g/mol. The van der Waals surface area contributed by atoms with Gasteiger partial charge in [-0.25, -0.2) is 0 Å². The first kappa shape index (κ1) is 20.4. The number of rotatable bonds is 4. The zero-order valence-corrected chi connectivity index (χ0v) is 14.9. The lowest BCUT2D eigenvalue weighted by Crippen LogP contribution is -1.86. The molecule has 4 N–H and O–H groups in total. The van der Waals surface area contributed by atoms with Crippen LogP contribution in [0.15, 0.2) is 48.5 Å². The van der Waals surface area contributed by atoms with Gasteiger partial charge >= 0.3 is 0 Å². The van der Waals surface area contributed by atoms with Gasteiger partial charge in [0.25, 0.3) is 0 Å². The van der Waals surface area contributed by atoms with Gasteiger partial charge in [0.1, 0.15) is 0 Å². The third-order valence-electron chi connectivity index (χ3n) is 3.04. The molecule has 2 aromatic carbocycles. The molecule has 122 valence electrons. The summed E-state index contributed by atoms with van der Waals surface area (Å²) in [6.07, 6.45) is 6.40. The van der Waals surface area contributed by atoms with E-state index >= 15 is 0 Å². The Hall–Kier alpha value is -1.61. The summed E-state index contributed by atoms with van der Waals surface area (Å²) in [5, 5.41) is 0. The molecule has 0 aliphatic carbocycles. The van der Waals surface area contributed by atoms with Crippen molar-refractivity contribution in [2.75, 3.05) is 17.7 Å². The zero-order chi connectivity index (χ0) is 16.8. The van der Waals surface area contributed by atoms with Gasteiger partial charge in [-0.05, 0) is 54.5 Å². The fraction of sp³-hybridized carbons (Fsp3) is 0.368. The smallest absolute Gasteiger partial charge is 0.0314 e. The summed E-state index contributed by atoms with van der Waals surface area (Å²) in [6, 6.07) is 16.1. The lowest BCUT2D eigenvalue weighted by atomic mass is 10.1. The molecule has 0 radical (unpaired) electrons. The lowest BCUT2D eigenvalue weighted by Gasteiger charge is -1.97. The molecule has 0 spiro atoms. The number of anilines is 2. The minimum atomic E-state index is 0.847. The van der Waals surface area contributed by atoms with E-state index in [4.69, 9.17) is 11.5 Å². The molecule has 0 aromatic heterocycles. The number of nitrogen functional groups attached to an aromatic ring is 2. The molecule has 2 aromatic rings. The summed E-state index contributed by atoms with van der Waals surface area (Å²) in [5.41, 5.74) is 15.5. The summed E-state index contributed by atoms with van der Waals surface area (Å²) in [4.78, 5) is 0. The Balaban J connectivity index is 0.000000360. The second-order valence-electron chi connectivity index (χ2n) is 4.98. The van der Waals surface area contributed by atoms with Crippen LogP contribution < -0.4 is 11.5 Å². The summed E-state index contributed by atoms with van der Waals surface area (Å²) in [7, 11) is 0. The van der Waals surface area contributed by atoms with E-state index in [0.29, 0.717) is 0 Å². The highest BCUT2D eigenvalue weighted by atomic mass is 32.1. The summed E-state index contributed by atoms with van der Waals surface area (Å²) >= 11 is 3.53. The van der Waals surface area contributed by atoms with Crippen LogP contribution in [0.25, 0.3) is 0 Å². The standard InChI is InChI=1S/2C9H13N.CH4S/c2*1-2-3-8-4-6-9(10)7-5-8;1-2/h2*4-7H,2-3,10H2,1H3;2H,1H3. The van der Waals surface area contributed by atoms with Gasteiger partial charge in [0.15, 0.2) is 0 Å². The highest BCUT2D eigenvalue weighted by Crippen LogP contribution is 2.07. The van der Waals surface area contributed by atoms with Crippen LogP contribution in [0.4, 0.5) is 11.4 Å². The fourth-order valence-electron chi connectivity index (χ4n) is 1.95. The van der Waals surface area contributed by atoms with Gasteiger partial charge in [-0.1, -0.05) is 51.0 Å². The molecular weight excluding hydrogens is 288 g/mol. The molecule has 0 unspecified atom stereocenters. The number of benzene rings is 2. The van der Waals surface area contributed by atoms with Crippen molar-refractivity contribution in [1.29, 1.82) is 0 Å². The predicted octanol–water partition coefficient (Wildman–Crippen LogP) is 4.99. The average Bonchev–Trinajstić information content (AvgIpc) is 2.55. The van der Waals surface area contributed by atoms with Crippen molar-refractivity contribution in [3.05, 3.63) is 59.7 Å². The molecule has 0 bridgehead atoms. The number of hydrogen-bond acceptors (Lipinski definition) is 3. The minimum absolute atomic E-state index is 0.847. The third kappa shape index (κ3) is 9.35. The van der Waals surface area contributed by atoms with E-state index in [1.807, 2.05) is 24.3 Å². The minimum Gasteiger partial charge on any atom is -0.399 e. The van der Waals surface area contributed by atoms with Crippen LogP contribution in [0.3, 0.4) is 0 Å². The number of hydrogen-bond donors (Lipinski definition) is 3. The van der Waals surface area contributed by atoms with Crippen molar-refractivity contribution in [2.45, 2.75) is 39.5 Å². The van der Waals surface area contributed by atoms with Gasteiger partial charge < -0.3 is 11.5 Å². The van der Waals surface area contributed by atoms with E-state index in [-0.39, 0.29) is 0 Å². The van der Waals surface area contributed by atoms with E-state index in [1.165, 1.54) is 24.0 Å². The molecule has 0 fully saturated rings. The van der Waals surface area contributed by atoms with Crippen molar-refractivity contribution in [3.63, 3.8) is 0 Å². The first-order valence-corrected chi connectivity index (χ1v) is 8.68. The first-order chi connectivity index (χ1) is 10.7. The van der Waals surface area contributed by atoms with Crippen LogP contribution in [0.2, 0.25) is 0 Å². The van der Waals surface area contributed by atoms with E-state index in [2.05, 4.69) is 50.7 Å². The summed E-state index contributed by atoms with van der Waals surface area (Å²) < 4.78 is 0. The van der Waals surface area contributed by atoms with Gasteiger partial charge in [-0.15, -0.1) is 0 Å². The Morgan fingerprint density at radius 2 is 0.909 bits per heavy atom. The van der Waals surface area contributed by atoms with Crippen molar-refractivity contribution in [3.8, 4) is 0 Å². The van der Waals surface area contributed by atoms with Crippen molar-refractivity contribution >= 4 is 24.0 Å². The highest BCUT2D eigenvalue weighted by molar-refractivity contribution is 7.79. The Morgan fingerprint density at radius 3 is 1.14 bits per heavy atom. The van der Waals surface area contributed by atoms with Crippen LogP contribution in [-0.4, -0.2) is 6.26 Å². The van der Waals surface area contributed by atoms with Crippen LogP contribution >= 0.6 is 12.6 Å². The van der Waals surface area contributed by atoms with Crippen LogP contribution in [0.5, 0.6) is 0 Å². The van der Waals surface area contributed by atoms with Gasteiger partial charge in [0.2, 0.25) is 0 Å². The maximum absolute atomic E-state index is 5.52. The number of thiol groups is 1. The Labute approximate surface area is 141 Å². The molecule has 3 heteroatoms. The molecule has 0 heterocycles. The molecule has 0 saturated heterocycles. The van der Waals surface area contributed by atoms with Crippen molar-refractivity contribution in [1.82, 2.24) is 0 Å². The lowest BCUT2D eigenvalue weighted by molar-refractivity contribution is 0.922. The topological polar surface area (TPSA) is 52.0 Å². The van der Waals surface area contributed by atoms with Crippen LogP contribution in [0, 0.1) is 0 Å². The Kier molecular flexibility index (Phi) is 12.1. The molecule has 2 nitrogen and oxygen atoms in total. The van der Waals surface area contributed by atoms with Crippen molar-refractivity contribution in [2.24, 2.45) is 0 Å². The van der Waals surface area contributed by atoms with Crippen LogP contribution in [0.1, 0.15) is 37.8 Å². The van der Waals surface area contributed by atoms with E-state index in [0.717, 1.165) is 24.2 Å². The second-order valence-corrected chi connectivity index (χ2v) is 4.98. The van der Waals surface area contributed by atoms with Gasteiger partial charge in [-0.2, -0.15) is 12.6 Å². The molecule has 0 amide bonds. The molecular formula is C19H30N2S. The summed E-state index contributed by atoms with van der Waals surface area (Å²) in [5.74, 6) is 0. The molecule has 0 aliphatic rings. The summed E-state index contributed by atoms with van der Waals surface area (Å²) in [6.45, 7) is 4.35. The van der Waals surface area contributed by atoms with Crippen molar-refractivity contribution < 1.29 is 0 Å². The van der Waals surface area contributed by atoms with E-state index in [1.54, 1.807) is 6.26 Å². The Morgan fingerprint density at radius 1 is 0.636 bits per heavy atom. The highest BCUT2D eigenvalue weighted by Gasteiger charge is 1.89. The van der Waals surface area contributed by atoms with Gasteiger partial charge in [0, 0.05) is 11.4 Å². The van der Waals surface area contributed by atoms with Crippen LogP contribution in [-0.2, 0) is 12.8 Å². The SMILES string of the molecule is CCCc1ccc(N)cc1.CCCc1ccc(N)cc1.CS. The van der Waals surface area contributed by atoms with E-state index < -0.39 is 0 Å². The normalized spacial score (nSPS) is 9.09. The Bertz CT molecular complexity index is 430. The number of nitrogens with two attached hydrogens (primary N) is 2. The molecule has 0 aliphatic heterocycles. The number of aryl methyl sites for hydroxylation is 2. The largest absolute Gasteiger partial charge is 0.399 e. The predicted molar refractivity (Wildman–Crippen MR) is 105 cm³/mol. The zero-order valence-electron chi connectivity index (χ0n) is 14.0. The fourth-order valence-corrected chi connectivity index (χ4v) is 1.95. The van der Waals surface area contributed by atoms with E-state index in [9.17, 15) is 0 Å². The first-order valence-electron chi connectivity index (χ1n) is 7.79. The molecule has 0 saturated carbocycles. The second kappa shape index (κ2) is 13.1. The van der Waals surface area contributed by atoms with Gasteiger partial charge in [-0.3, -0.25) is 0 Å². The third-order valence-corrected chi connectivity index (χ3v) is 3.04. The monoisotopic (exact) mass is 318 g/mol. The maximum atomic E-state index is 5.52. The maximum Gasteiger partial charge on any atom is 0.0314 e. The quantitative estimate of drug-likeness (QED) is 0.549.